The van der Waals surface area contributed by atoms with E-state index in [-0.39, 0.29) is 6.10 Å². The highest BCUT2D eigenvalue weighted by Crippen LogP contribution is 2.33. The van der Waals surface area contributed by atoms with E-state index in [4.69, 9.17) is 0 Å². The summed E-state index contributed by atoms with van der Waals surface area (Å²) in [6, 6.07) is 0. The standard InChI is InChI=1S/C13H22O/c1-3-5-7-12-10-11(6-4-2)8-9-13(12)14/h11-14H,4,6-10H2,1-2H3. The van der Waals surface area contributed by atoms with Gasteiger partial charge in [-0.15, -0.1) is 11.8 Å². The highest BCUT2D eigenvalue weighted by atomic mass is 16.3. The van der Waals surface area contributed by atoms with Crippen LogP contribution in [0.4, 0.5) is 0 Å². The van der Waals surface area contributed by atoms with Crippen molar-refractivity contribution >= 4 is 0 Å². The molecule has 1 saturated carbocycles. The SMILES string of the molecule is CC#CCC1CC(CCC)CCC1O. The molecule has 0 aromatic carbocycles. The van der Waals surface area contributed by atoms with Crippen molar-refractivity contribution in [3.63, 3.8) is 0 Å². The van der Waals surface area contributed by atoms with Crippen molar-refractivity contribution in [3.8, 4) is 11.8 Å². The second kappa shape index (κ2) is 6.09. The van der Waals surface area contributed by atoms with E-state index in [1.165, 1.54) is 25.7 Å². The average molecular weight is 194 g/mol. The Morgan fingerprint density at radius 3 is 2.79 bits per heavy atom. The van der Waals surface area contributed by atoms with Crippen molar-refractivity contribution in [2.45, 2.75) is 58.5 Å². The van der Waals surface area contributed by atoms with Crippen molar-refractivity contribution < 1.29 is 5.11 Å². The molecule has 0 heterocycles. The molecule has 14 heavy (non-hydrogen) atoms. The zero-order chi connectivity index (χ0) is 10.4. The highest BCUT2D eigenvalue weighted by molar-refractivity contribution is 4.98. The van der Waals surface area contributed by atoms with Gasteiger partial charge in [0.2, 0.25) is 0 Å². The first-order valence-electron chi connectivity index (χ1n) is 5.85. The van der Waals surface area contributed by atoms with Crippen LogP contribution in [0.5, 0.6) is 0 Å². The molecule has 80 valence electrons. The first-order valence-corrected chi connectivity index (χ1v) is 5.85. The number of aliphatic hydroxyl groups excluding tert-OH is 1. The molecular formula is C13H22O. The minimum atomic E-state index is -0.0936. The topological polar surface area (TPSA) is 20.2 Å². The summed E-state index contributed by atoms with van der Waals surface area (Å²) in [5.74, 6) is 7.30. The van der Waals surface area contributed by atoms with Gasteiger partial charge in [0.1, 0.15) is 0 Å². The fourth-order valence-electron chi connectivity index (χ4n) is 2.47. The molecule has 0 amide bonds. The van der Waals surface area contributed by atoms with Crippen LogP contribution in [0.2, 0.25) is 0 Å². The molecule has 0 saturated heterocycles. The summed E-state index contributed by atoms with van der Waals surface area (Å²) in [6.45, 7) is 4.12. The quantitative estimate of drug-likeness (QED) is 0.685. The number of rotatable bonds is 3. The maximum absolute atomic E-state index is 9.81. The van der Waals surface area contributed by atoms with Gasteiger partial charge in [0.15, 0.2) is 0 Å². The molecule has 1 rings (SSSR count). The summed E-state index contributed by atoms with van der Waals surface area (Å²) in [5, 5.41) is 9.81. The van der Waals surface area contributed by atoms with Gasteiger partial charge in [0.05, 0.1) is 6.10 Å². The van der Waals surface area contributed by atoms with Gasteiger partial charge >= 0.3 is 0 Å². The van der Waals surface area contributed by atoms with Gasteiger partial charge in [-0.2, -0.15) is 0 Å². The average Bonchev–Trinajstić information content (AvgIpc) is 2.19. The van der Waals surface area contributed by atoms with E-state index in [0.29, 0.717) is 5.92 Å². The van der Waals surface area contributed by atoms with Gasteiger partial charge in [-0.25, -0.2) is 0 Å². The summed E-state index contributed by atoms with van der Waals surface area (Å²) < 4.78 is 0. The van der Waals surface area contributed by atoms with E-state index in [0.717, 1.165) is 18.8 Å². The Labute approximate surface area is 87.9 Å². The van der Waals surface area contributed by atoms with Crippen LogP contribution in [0.1, 0.15) is 52.4 Å². The maximum Gasteiger partial charge on any atom is 0.0577 e. The third-order valence-corrected chi connectivity index (χ3v) is 3.29. The van der Waals surface area contributed by atoms with Crippen LogP contribution in [0.25, 0.3) is 0 Å². The van der Waals surface area contributed by atoms with E-state index in [2.05, 4.69) is 18.8 Å². The maximum atomic E-state index is 9.81. The second-order valence-electron chi connectivity index (χ2n) is 4.43. The monoisotopic (exact) mass is 194 g/mol. The normalized spacial score (nSPS) is 32.1. The third-order valence-electron chi connectivity index (χ3n) is 3.29. The Hall–Kier alpha value is -0.480. The summed E-state index contributed by atoms with van der Waals surface area (Å²) in [5.41, 5.74) is 0. The predicted molar refractivity (Wildman–Crippen MR) is 59.8 cm³/mol. The molecule has 1 N–H and O–H groups in total. The lowest BCUT2D eigenvalue weighted by Crippen LogP contribution is -2.28. The molecule has 1 heteroatoms. The van der Waals surface area contributed by atoms with E-state index < -0.39 is 0 Å². The van der Waals surface area contributed by atoms with Crippen molar-refractivity contribution in [1.82, 2.24) is 0 Å². The smallest absolute Gasteiger partial charge is 0.0577 e. The molecule has 0 aliphatic heterocycles. The molecule has 0 aromatic rings. The molecule has 0 radical (unpaired) electrons. The largest absolute Gasteiger partial charge is 0.393 e. The first kappa shape index (κ1) is 11.6. The number of hydrogen-bond donors (Lipinski definition) is 1. The van der Waals surface area contributed by atoms with Gasteiger partial charge in [0, 0.05) is 6.42 Å². The van der Waals surface area contributed by atoms with E-state index in [9.17, 15) is 5.11 Å². The molecule has 0 bridgehead atoms. The fourth-order valence-corrected chi connectivity index (χ4v) is 2.47. The molecular weight excluding hydrogens is 172 g/mol. The van der Waals surface area contributed by atoms with Crippen LogP contribution in [-0.2, 0) is 0 Å². The molecule has 1 aliphatic carbocycles. The van der Waals surface area contributed by atoms with Crippen LogP contribution in [0.3, 0.4) is 0 Å². The molecule has 1 aliphatic rings. The second-order valence-corrected chi connectivity index (χ2v) is 4.43. The Kier molecular flexibility index (Phi) is 5.04. The van der Waals surface area contributed by atoms with Crippen LogP contribution < -0.4 is 0 Å². The predicted octanol–water partition coefficient (Wildman–Crippen LogP) is 2.98. The van der Waals surface area contributed by atoms with Crippen molar-refractivity contribution in [2.24, 2.45) is 11.8 Å². The lowest BCUT2D eigenvalue weighted by molar-refractivity contribution is 0.0486. The van der Waals surface area contributed by atoms with Crippen LogP contribution in [-0.4, -0.2) is 11.2 Å². The minimum absolute atomic E-state index is 0.0936. The lowest BCUT2D eigenvalue weighted by atomic mass is 9.76. The van der Waals surface area contributed by atoms with E-state index >= 15 is 0 Å². The van der Waals surface area contributed by atoms with Crippen LogP contribution >= 0.6 is 0 Å². The van der Waals surface area contributed by atoms with Gasteiger partial charge in [-0.1, -0.05) is 19.8 Å². The Morgan fingerprint density at radius 2 is 2.14 bits per heavy atom. The Morgan fingerprint density at radius 1 is 1.36 bits per heavy atom. The number of hydrogen-bond acceptors (Lipinski definition) is 1. The molecule has 0 aromatic heterocycles. The molecule has 3 unspecified atom stereocenters. The van der Waals surface area contributed by atoms with Gasteiger partial charge < -0.3 is 5.11 Å². The molecule has 1 nitrogen and oxygen atoms in total. The van der Waals surface area contributed by atoms with Gasteiger partial charge in [-0.05, 0) is 38.0 Å². The number of aliphatic hydroxyl groups is 1. The van der Waals surface area contributed by atoms with E-state index in [1.54, 1.807) is 0 Å². The highest BCUT2D eigenvalue weighted by Gasteiger charge is 2.27. The van der Waals surface area contributed by atoms with Crippen molar-refractivity contribution in [1.29, 1.82) is 0 Å². The Balaban J connectivity index is 2.40. The van der Waals surface area contributed by atoms with Crippen LogP contribution in [0, 0.1) is 23.7 Å². The van der Waals surface area contributed by atoms with Gasteiger partial charge in [0.25, 0.3) is 0 Å². The lowest BCUT2D eigenvalue weighted by Gasteiger charge is -2.32. The summed E-state index contributed by atoms with van der Waals surface area (Å²) in [6.07, 6.45) is 6.77. The van der Waals surface area contributed by atoms with Crippen molar-refractivity contribution in [3.05, 3.63) is 0 Å². The first-order chi connectivity index (χ1) is 6.77. The summed E-state index contributed by atoms with van der Waals surface area (Å²) in [4.78, 5) is 0. The summed E-state index contributed by atoms with van der Waals surface area (Å²) in [7, 11) is 0. The van der Waals surface area contributed by atoms with Gasteiger partial charge in [-0.3, -0.25) is 0 Å². The third kappa shape index (κ3) is 3.35. The minimum Gasteiger partial charge on any atom is -0.393 e. The zero-order valence-electron chi connectivity index (χ0n) is 9.42. The molecule has 0 spiro atoms. The van der Waals surface area contributed by atoms with E-state index in [1.807, 2.05) is 6.92 Å². The zero-order valence-corrected chi connectivity index (χ0v) is 9.42. The van der Waals surface area contributed by atoms with Crippen molar-refractivity contribution in [2.75, 3.05) is 0 Å². The van der Waals surface area contributed by atoms with Crippen LogP contribution in [0.15, 0.2) is 0 Å². The molecule has 1 fully saturated rings. The molecule has 3 atom stereocenters. The summed E-state index contributed by atoms with van der Waals surface area (Å²) >= 11 is 0. The fraction of sp³-hybridized carbons (Fsp3) is 0.846. The Bertz CT molecular complexity index is 211.